The van der Waals surface area contributed by atoms with Crippen molar-refractivity contribution in [2.75, 3.05) is 32.8 Å². The smallest absolute Gasteiger partial charge is 0.0648 e. The molecule has 0 amide bonds. The summed E-state index contributed by atoms with van der Waals surface area (Å²) in [7, 11) is 0. The molecule has 1 aromatic heterocycles. The second-order valence-electron chi connectivity index (χ2n) is 5.62. The van der Waals surface area contributed by atoms with E-state index in [-0.39, 0.29) is 0 Å². The van der Waals surface area contributed by atoms with Crippen LogP contribution in [0.4, 0.5) is 0 Å². The fourth-order valence-corrected chi connectivity index (χ4v) is 2.84. The Balaban J connectivity index is 1.56. The molecule has 0 unspecified atom stereocenters. The van der Waals surface area contributed by atoms with E-state index in [2.05, 4.69) is 35.1 Å². The van der Waals surface area contributed by atoms with Crippen LogP contribution in [0.3, 0.4) is 0 Å². The van der Waals surface area contributed by atoms with E-state index in [0.717, 1.165) is 38.4 Å². The van der Waals surface area contributed by atoms with Crippen LogP contribution in [-0.4, -0.2) is 47.5 Å². The maximum Gasteiger partial charge on any atom is 0.0648 e. The van der Waals surface area contributed by atoms with Crippen LogP contribution in [-0.2, 0) is 11.2 Å². The van der Waals surface area contributed by atoms with Crippen molar-refractivity contribution in [3.05, 3.63) is 47.8 Å². The van der Waals surface area contributed by atoms with Gasteiger partial charge in [0.05, 0.1) is 18.9 Å². The summed E-state index contributed by atoms with van der Waals surface area (Å²) in [5, 5.41) is 4.28. The molecule has 4 heteroatoms. The molecule has 3 rings (SSSR count). The molecule has 21 heavy (non-hydrogen) atoms. The minimum atomic E-state index is 0.887. The van der Waals surface area contributed by atoms with Gasteiger partial charge in [-0.25, -0.2) is 4.68 Å². The summed E-state index contributed by atoms with van der Waals surface area (Å²) in [5.41, 5.74) is 3.93. The minimum Gasteiger partial charge on any atom is -0.379 e. The monoisotopic (exact) mass is 285 g/mol. The molecule has 1 aromatic carbocycles. The third kappa shape index (κ3) is 3.71. The summed E-state index contributed by atoms with van der Waals surface area (Å²) >= 11 is 0. The molecule has 112 valence electrons. The lowest BCUT2D eigenvalue weighted by molar-refractivity contribution is 0.0374. The SMILES string of the molecule is Cc1cc(-n2cccn2)ccc1CCCN1CCOCC1. The van der Waals surface area contributed by atoms with Gasteiger partial charge in [-0.1, -0.05) is 6.07 Å². The van der Waals surface area contributed by atoms with E-state index >= 15 is 0 Å². The van der Waals surface area contributed by atoms with Crippen LogP contribution in [0.25, 0.3) is 5.69 Å². The molecule has 4 nitrogen and oxygen atoms in total. The molecule has 0 radical (unpaired) electrons. The molecule has 2 aromatic rings. The molecule has 0 atom stereocenters. The Labute approximate surface area is 126 Å². The van der Waals surface area contributed by atoms with Crippen LogP contribution in [0.5, 0.6) is 0 Å². The predicted octanol–water partition coefficient (Wildman–Crippen LogP) is 2.45. The molecule has 2 heterocycles. The zero-order chi connectivity index (χ0) is 14.5. The predicted molar refractivity (Wildman–Crippen MR) is 83.9 cm³/mol. The number of benzene rings is 1. The van der Waals surface area contributed by atoms with Crippen molar-refractivity contribution in [3.8, 4) is 5.69 Å². The van der Waals surface area contributed by atoms with Crippen molar-refractivity contribution in [3.63, 3.8) is 0 Å². The van der Waals surface area contributed by atoms with E-state index in [1.165, 1.54) is 24.1 Å². The second-order valence-corrected chi connectivity index (χ2v) is 5.62. The first-order valence-electron chi connectivity index (χ1n) is 7.72. The maximum absolute atomic E-state index is 5.38. The lowest BCUT2D eigenvalue weighted by Gasteiger charge is -2.26. The molecule has 0 spiro atoms. The Morgan fingerprint density at radius 2 is 2.10 bits per heavy atom. The molecular weight excluding hydrogens is 262 g/mol. The fraction of sp³-hybridized carbons (Fsp3) is 0.471. The summed E-state index contributed by atoms with van der Waals surface area (Å²) in [6.45, 7) is 7.30. The number of rotatable bonds is 5. The van der Waals surface area contributed by atoms with Gasteiger partial charge >= 0.3 is 0 Å². The summed E-state index contributed by atoms with van der Waals surface area (Å²) in [4.78, 5) is 2.50. The van der Waals surface area contributed by atoms with Crippen molar-refractivity contribution in [1.82, 2.24) is 14.7 Å². The van der Waals surface area contributed by atoms with Gasteiger partial charge in [0.1, 0.15) is 0 Å². The van der Waals surface area contributed by atoms with E-state index in [1.807, 2.05) is 23.1 Å². The normalized spacial score (nSPS) is 16.2. The van der Waals surface area contributed by atoms with E-state index in [1.54, 1.807) is 0 Å². The summed E-state index contributed by atoms with van der Waals surface area (Å²) in [6.07, 6.45) is 6.14. The lowest BCUT2D eigenvalue weighted by atomic mass is 10.0. The lowest BCUT2D eigenvalue weighted by Crippen LogP contribution is -2.36. The number of morpholine rings is 1. The number of hydrogen-bond acceptors (Lipinski definition) is 3. The number of nitrogens with zero attached hydrogens (tertiary/aromatic N) is 3. The van der Waals surface area contributed by atoms with Crippen molar-refractivity contribution in [2.45, 2.75) is 19.8 Å². The van der Waals surface area contributed by atoms with E-state index in [4.69, 9.17) is 4.74 Å². The van der Waals surface area contributed by atoms with Gasteiger partial charge in [-0.15, -0.1) is 0 Å². The van der Waals surface area contributed by atoms with Gasteiger partial charge in [-0.05, 0) is 55.6 Å². The molecule has 0 N–H and O–H groups in total. The van der Waals surface area contributed by atoms with Crippen LogP contribution in [0.1, 0.15) is 17.5 Å². The third-order valence-electron chi connectivity index (χ3n) is 4.12. The van der Waals surface area contributed by atoms with Crippen LogP contribution < -0.4 is 0 Å². The fourth-order valence-electron chi connectivity index (χ4n) is 2.84. The molecular formula is C17H23N3O. The van der Waals surface area contributed by atoms with Gasteiger partial charge < -0.3 is 4.74 Å². The maximum atomic E-state index is 5.38. The first-order chi connectivity index (χ1) is 10.3. The highest BCUT2D eigenvalue weighted by atomic mass is 16.5. The van der Waals surface area contributed by atoms with Crippen LogP contribution in [0, 0.1) is 6.92 Å². The molecule has 1 aliphatic rings. The van der Waals surface area contributed by atoms with Crippen LogP contribution >= 0.6 is 0 Å². The van der Waals surface area contributed by atoms with Gasteiger partial charge in [0.2, 0.25) is 0 Å². The zero-order valence-electron chi connectivity index (χ0n) is 12.7. The standard InChI is InChI=1S/C17H23N3O/c1-15-14-17(20-9-3-7-18-20)6-5-16(15)4-2-8-19-10-12-21-13-11-19/h3,5-7,9,14H,2,4,8,10-13H2,1H3. The van der Waals surface area contributed by atoms with E-state index in [0.29, 0.717) is 0 Å². The van der Waals surface area contributed by atoms with Gasteiger partial charge in [-0.2, -0.15) is 5.10 Å². The topological polar surface area (TPSA) is 30.3 Å². The largest absolute Gasteiger partial charge is 0.379 e. The van der Waals surface area contributed by atoms with E-state index < -0.39 is 0 Å². The van der Waals surface area contributed by atoms with Crippen molar-refractivity contribution in [2.24, 2.45) is 0 Å². The summed E-state index contributed by atoms with van der Waals surface area (Å²) < 4.78 is 7.29. The van der Waals surface area contributed by atoms with Gasteiger partial charge in [0, 0.05) is 25.5 Å². The quantitative estimate of drug-likeness (QED) is 0.845. The Hall–Kier alpha value is -1.65. The number of hydrogen-bond donors (Lipinski definition) is 0. The average Bonchev–Trinajstić information content (AvgIpc) is 3.04. The molecule has 0 bridgehead atoms. The number of aromatic nitrogens is 2. The minimum absolute atomic E-state index is 0.887. The Kier molecular flexibility index (Phi) is 4.68. The summed E-state index contributed by atoms with van der Waals surface area (Å²) in [5.74, 6) is 0. The zero-order valence-corrected chi connectivity index (χ0v) is 12.7. The molecule has 1 fully saturated rings. The molecule has 0 aliphatic carbocycles. The van der Waals surface area contributed by atoms with Crippen molar-refractivity contribution < 1.29 is 4.74 Å². The highest BCUT2D eigenvalue weighted by Gasteiger charge is 2.10. The molecule has 0 saturated carbocycles. The van der Waals surface area contributed by atoms with E-state index in [9.17, 15) is 0 Å². The molecule has 1 aliphatic heterocycles. The Morgan fingerprint density at radius 1 is 1.24 bits per heavy atom. The van der Waals surface area contributed by atoms with Crippen molar-refractivity contribution in [1.29, 1.82) is 0 Å². The second kappa shape index (κ2) is 6.87. The van der Waals surface area contributed by atoms with Gasteiger partial charge in [0.25, 0.3) is 0 Å². The average molecular weight is 285 g/mol. The third-order valence-corrected chi connectivity index (χ3v) is 4.12. The Morgan fingerprint density at radius 3 is 2.81 bits per heavy atom. The summed E-state index contributed by atoms with van der Waals surface area (Å²) in [6, 6.07) is 8.57. The van der Waals surface area contributed by atoms with Crippen LogP contribution in [0.2, 0.25) is 0 Å². The highest BCUT2D eigenvalue weighted by molar-refractivity contribution is 5.39. The van der Waals surface area contributed by atoms with Crippen molar-refractivity contribution >= 4 is 0 Å². The molecule has 1 saturated heterocycles. The Bertz CT molecular complexity index is 559. The number of ether oxygens (including phenoxy) is 1. The van der Waals surface area contributed by atoms with Crippen LogP contribution in [0.15, 0.2) is 36.7 Å². The highest BCUT2D eigenvalue weighted by Crippen LogP contribution is 2.16. The first kappa shape index (κ1) is 14.3. The van der Waals surface area contributed by atoms with Gasteiger partial charge in [-0.3, -0.25) is 4.90 Å². The van der Waals surface area contributed by atoms with Gasteiger partial charge in [0.15, 0.2) is 0 Å². The first-order valence-corrected chi connectivity index (χ1v) is 7.72. The number of aryl methyl sites for hydroxylation is 2.